The molecule has 0 unspecified atom stereocenters. The molecule has 0 amide bonds. The van der Waals surface area contributed by atoms with Gasteiger partial charge in [0, 0.05) is 0 Å². The molecule has 0 aromatic heterocycles. The number of hydrogen-bond acceptors (Lipinski definition) is 1. The van der Waals surface area contributed by atoms with Crippen molar-refractivity contribution < 1.29 is 0 Å². The van der Waals surface area contributed by atoms with E-state index in [0.29, 0.717) is 10.3 Å². The minimum absolute atomic E-state index is 0.292. The van der Waals surface area contributed by atoms with Crippen LogP contribution in [0.3, 0.4) is 0 Å². The van der Waals surface area contributed by atoms with Crippen LogP contribution in [0.4, 0.5) is 5.69 Å². The van der Waals surface area contributed by atoms with Crippen LogP contribution in [0.2, 0.25) is 0 Å². The van der Waals surface area contributed by atoms with Crippen molar-refractivity contribution in [3.63, 3.8) is 0 Å². The van der Waals surface area contributed by atoms with Gasteiger partial charge < -0.3 is 0 Å². The Balaban J connectivity index is 2.23. The van der Waals surface area contributed by atoms with Gasteiger partial charge in [-0.05, 0) is 0 Å². The van der Waals surface area contributed by atoms with Crippen LogP contribution in [0.1, 0.15) is 38.8 Å². The predicted octanol–water partition coefficient (Wildman–Crippen LogP) is 4.40. The molecule has 20 heavy (non-hydrogen) atoms. The van der Waals surface area contributed by atoms with Crippen molar-refractivity contribution in [2.75, 3.05) is 22.8 Å². The summed E-state index contributed by atoms with van der Waals surface area (Å²) in [7, 11) is 15.8. The molecule has 0 N–H and O–H groups in total. The molecule has 1 nitrogen and oxygen atoms in total. The van der Waals surface area contributed by atoms with E-state index in [4.69, 9.17) is 16.9 Å². The van der Waals surface area contributed by atoms with Gasteiger partial charge in [-0.15, -0.1) is 0 Å². The number of nitrogens with zero attached hydrogens (tertiary/aromatic N) is 1. The van der Waals surface area contributed by atoms with E-state index in [1.165, 1.54) is 5.69 Å². The van der Waals surface area contributed by atoms with E-state index in [-0.39, 0.29) is 0 Å². The van der Waals surface area contributed by atoms with E-state index in [1.807, 2.05) is 0 Å². The summed E-state index contributed by atoms with van der Waals surface area (Å²) in [4.78, 5) is 2.21. The van der Waals surface area contributed by atoms with Crippen molar-refractivity contribution in [2.24, 2.45) is 0 Å². The monoisotopic (exact) mass is 526 g/mol. The van der Waals surface area contributed by atoms with Crippen LogP contribution < -0.4 is 10.2 Å². The van der Waals surface area contributed by atoms with Gasteiger partial charge >= 0.3 is 139 Å². The molecule has 1 aromatic rings. The summed E-state index contributed by atoms with van der Waals surface area (Å²) in [5.41, 5.74) is 4.45. The number of halogens is 2. The third kappa shape index (κ3) is 1.59. The average molecular weight is 527 g/mol. The second kappa shape index (κ2) is 4.48. The Morgan fingerprint density at radius 2 is 1.50 bits per heavy atom. The molecule has 2 heterocycles. The summed E-state index contributed by atoms with van der Waals surface area (Å²) < 4.78 is 1.15. The third-order valence-corrected chi connectivity index (χ3v) is 23.6. The molecular formula is C15H22Cl2NPPo+. The zero-order valence-corrected chi connectivity index (χ0v) is 18.5. The van der Waals surface area contributed by atoms with Gasteiger partial charge in [0.25, 0.3) is 0 Å². The molecule has 5 heteroatoms. The molecule has 111 valence electrons. The zero-order valence-electron chi connectivity index (χ0n) is 12.9. The Morgan fingerprint density at radius 3 is 1.85 bits per heavy atom. The van der Waals surface area contributed by atoms with Gasteiger partial charge in [0.2, 0.25) is 0 Å². The van der Waals surface area contributed by atoms with Crippen molar-refractivity contribution in [3.8, 4) is 0 Å². The van der Waals surface area contributed by atoms with Crippen LogP contribution in [-0.2, 0) is 10.3 Å². The first kappa shape index (κ1) is 15.8. The van der Waals surface area contributed by atoms with E-state index < -0.39 is 26.9 Å². The molecule has 1 aromatic carbocycles. The summed E-state index contributed by atoms with van der Waals surface area (Å²) in [5.74, 6) is 0. The van der Waals surface area contributed by atoms with E-state index in [9.17, 15) is 0 Å². The van der Waals surface area contributed by atoms with Crippen molar-refractivity contribution in [1.82, 2.24) is 0 Å². The van der Waals surface area contributed by atoms with Crippen LogP contribution in [0, 0.1) is 0 Å². The topological polar surface area (TPSA) is 3.24 Å². The van der Waals surface area contributed by atoms with E-state index in [0.717, 1.165) is 3.82 Å². The van der Waals surface area contributed by atoms with Gasteiger partial charge in [0.15, 0.2) is 0 Å². The Kier molecular flexibility index (Phi) is 3.54. The van der Waals surface area contributed by atoms with Crippen molar-refractivity contribution in [3.05, 3.63) is 23.3 Å². The van der Waals surface area contributed by atoms with Crippen LogP contribution >= 0.6 is 24.2 Å². The standard InChI is InChI=1S/C15H22NP.2ClH.Po/c1-14(2)11-8-10(16(5)6)9-12-13(11)17(14,7)15(12,3)4;;;/h8-9H,7H2,1-6H3;2*1H;/q+1;;;+2/p-2. The average Bonchev–Trinajstić information content (AvgIpc) is 2.33. The first-order valence-corrected chi connectivity index (χ1v) is 18.9. The molecule has 0 spiro atoms. The molecule has 2 aliphatic rings. The molecule has 0 saturated heterocycles. The Labute approximate surface area is 138 Å². The Hall–Kier alpha value is 0.926. The number of hydrogen-bond donors (Lipinski definition) is 0. The summed E-state index contributed by atoms with van der Waals surface area (Å²) in [5, 5.41) is 2.26. The van der Waals surface area contributed by atoms with Crippen molar-refractivity contribution in [2.45, 2.75) is 38.0 Å². The normalized spacial score (nSPS) is 22.9. The number of rotatable bonds is 3. The van der Waals surface area contributed by atoms with E-state index >= 15 is 0 Å². The summed E-state index contributed by atoms with van der Waals surface area (Å²) in [6.07, 6.45) is 0. The Bertz CT molecular complexity index is 559. The van der Waals surface area contributed by atoms with Gasteiger partial charge in [0.05, 0.1) is 0 Å². The van der Waals surface area contributed by atoms with E-state index in [1.54, 1.807) is 16.4 Å². The van der Waals surface area contributed by atoms with Gasteiger partial charge in [-0.3, -0.25) is 0 Å². The van der Waals surface area contributed by atoms with Crippen molar-refractivity contribution in [1.29, 1.82) is 0 Å². The molecule has 0 fully saturated rings. The fraction of sp³-hybridized carbons (Fsp3) is 0.600. The third-order valence-electron chi connectivity index (χ3n) is 5.51. The molecule has 0 bridgehead atoms. The summed E-state index contributed by atoms with van der Waals surface area (Å²) in [6.45, 7) is 9.69. The molecular weight excluding hydrogens is 505 g/mol. The van der Waals surface area contributed by atoms with Gasteiger partial charge in [-0.2, -0.15) is 0 Å². The summed E-state index contributed by atoms with van der Waals surface area (Å²) >= 11 is -2.12. The predicted molar refractivity (Wildman–Crippen MR) is 95.7 cm³/mol. The SMILES string of the molecule is CN(C)c1cc2c3c(c1)C(C)(C)[P+]3([CH2][Po]([Cl])[Cl])C2(C)C. The first-order valence-electron chi connectivity index (χ1n) is 6.86. The maximum absolute atomic E-state index is 6.39. The van der Waals surface area contributed by atoms with Crippen LogP contribution in [0.5, 0.6) is 0 Å². The van der Waals surface area contributed by atoms with Crippen molar-refractivity contribution >= 4 is 54.8 Å². The summed E-state index contributed by atoms with van der Waals surface area (Å²) in [6, 6.07) is 4.77. The van der Waals surface area contributed by atoms with Gasteiger partial charge in [-0.1, -0.05) is 0 Å². The van der Waals surface area contributed by atoms with E-state index in [2.05, 4.69) is 58.8 Å². The van der Waals surface area contributed by atoms with Crippen LogP contribution in [0.25, 0.3) is 0 Å². The fourth-order valence-electron chi connectivity index (χ4n) is 4.32. The van der Waals surface area contributed by atoms with Gasteiger partial charge in [-0.25, -0.2) is 0 Å². The Morgan fingerprint density at radius 1 is 1.05 bits per heavy atom. The minimum atomic E-state index is -2.12. The van der Waals surface area contributed by atoms with Crippen LogP contribution in [-0.4, -0.2) is 37.6 Å². The molecule has 1 radical (unpaired) electrons. The second-order valence-electron chi connectivity index (χ2n) is 7.12. The molecule has 3 rings (SSSR count). The fourth-order valence-corrected chi connectivity index (χ4v) is 30.4. The number of benzene rings is 1. The van der Waals surface area contributed by atoms with Crippen LogP contribution in [0.15, 0.2) is 12.1 Å². The first-order chi connectivity index (χ1) is 9.07. The number of anilines is 1. The zero-order chi connectivity index (χ0) is 15.1. The molecule has 0 aliphatic carbocycles. The molecule has 2 aliphatic heterocycles. The molecule has 0 saturated carbocycles. The molecule has 0 atom stereocenters. The second-order valence-corrected chi connectivity index (χ2v) is 24.8. The van der Waals surface area contributed by atoms with Gasteiger partial charge in [0.1, 0.15) is 0 Å². The quantitative estimate of drug-likeness (QED) is 0.528. The maximum atomic E-state index is 6.39.